The van der Waals surface area contributed by atoms with Gasteiger partial charge in [0.1, 0.15) is 36.8 Å². The van der Waals surface area contributed by atoms with Crippen LogP contribution in [-0.4, -0.2) is 71.0 Å². The van der Waals surface area contributed by atoms with Crippen molar-refractivity contribution in [1.29, 1.82) is 0 Å². The number of hydrogen-bond donors (Lipinski definition) is 4. The Kier molecular flexibility index (Phi) is 5.92. The molecule has 0 bridgehead atoms. The van der Waals surface area contributed by atoms with E-state index in [-0.39, 0.29) is 13.2 Å². The smallest absolute Gasteiger partial charge is 0.184 e. The van der Waals surface area contributed by atoms with Crippen LogP contribution in [0.4, 0.5) is 0 Å². The van der Waals surface area contributed by atoms with Crippen LogP contribution in [0.1, 0.15) is 0 Å². The van der Waals surface area contributed by atoms with Gasteiger partial charge in [0.2, 0.25) is 0 Å². The van der Waals surface area contributed by atoms with Gasteiger partial charge >= 0.3 is 0 Å². The van der Waals surface area contributed by atoms with Gasteiger partial charge < -0.3 is 34.6 Å². The number of hydrogen-bond acceptors (Lipinski definition) is 7. The molecule has 2 rings (SSSR count). The van der Waals surface area contributed by atoms with Crippen LogP contribution in [0.25, 0.3) is 0 Å². The standard InChI is InChI=1S/C14H20O7/c15-8-10-11(16)12(17)13(14(18)21-10)20-7-6-19-9-4-2-1-3-5-9/h1-5,10-18H,6-8H2/t10-,11-,12+,13-,14+/m1/s1. The van der Waals surface area contributed by atoms with E-state index in [0.717, 1.165) is 0 Å². The minimum Gasteiger partial charge on any atom is -0.491 e. The molecule has 118 valence electrons. The fraction of sp³-hybridized carbons (Fsp3) is 0.571. The summed E-state index contributed by atoms with van der Waals surface area (Å²) < 4.78 is 15.7. The first kappa shape index (κ1) is 16.2. The Hall–Kier alpha value is -1.22. The van der Waals surface area contributed by atoms with Crippen molar-refractivity contribution in [2.24, 2.45) is 0 Å². The lowest BCUT2D eigenvalue weighted by molar-refractivity contribution is -0.296. The molecule has 1 aliphatic heterocycles. The van der Waals surface area contributed by atoms with Gasteiger partial charge in [-0.05, 0) is 12.1 Å². The molecule has 0 unspecified atom stereocenters. The second-order valence-electron chi connectivity index (χ2n) is 4.73. The van der Waals surface area contributed by atoms with Gasteiger partial charge in [0.15, 0.2) is 6.29 Å². The molecule has 0 amide bonds. The molecule has 1 saturated heterocycles. The second kappa shape index (κ2) is 7.69. The van der Waals surface area contributed by atoms with Gasteiger partial charge in [0, 0.05) is 0 Å². The molecule has 1 fully saturated rings. The third kappa shape index (κ3) is 4.13. The Balaban J connectivity index is 1.77. The Labute approximate surface area is 122 Å². The molecule has 1 heterocycles. The van der Waals surface area contributed by atoms with Crippen molar-refractivity contribution in [2.45, 2.75) is 30.7 Å². The topological polar surface area (TPSA) is 109 Å². The van der Waals surface area contributed by atoms with E-state index in [1.54, 1.807) is 12.1 Å². The predicted molar refractivity (Wildman–Crippen MR) is 71.7 cm³/mol. The Bertz CT molecular complexity index is 413. The number of benzene rings is 1. The SMILES string of the molecule is OC[C@H]1O[C@H](O)[C@H](OCCOc2ccccc2)[C@@H](O)[C@@H]1O. The third-order valence-electron chi connectivity index (χ3n) is 3.25. The van der Waals surface area contributed by atoms with E-state index in [9.17, 15) is 15.3 Å². The molecule has 21 heavy (non-hydrogen) atoms. The van der Waals surface area contributed by atoms with Gasteiger partial charge in [-0.25, -0.2) is 0 Å². The first-order valence-corrected chi connectivity index (χ1v) is 6.73. The largest absolute Gasteiger partial charge is 0.491 e. The molecular weight excluding hydrogens is 280 g/mol. The zero-order chi connectivity index (χ0) is 15.2. The van der Waals surface area contributed by atoms with E-state index in [1.165, 1.54) is 0 Å². The van der Waals surface area contributed by atoms with E-state index in [1.807, 2.05) is 18.2 Å². The first-order valence-electron chi connectivity index (χ1n) is 6.73. The molecule has 1 aliphatic rings. The van der Waals surface area contributed by atoms with Crippen LogP contribution in [0.2, 0.25) is 0 Å². The van der Waals surface area contributed by atoms with Crippen molar-refractivity contribution >= 4 is 0 Å². The average molecular weight is 300 g/mol. The van der Waals surface area contributed by atoms with Crippen molar-refractivity contribution in [2.75, 3.05) is 19.8 Å². The van der Waals surface area contributed by atoms with Crippen LogP contribution in [0.3, 0.4) is 0 Å². The number of aliphatic hydroxyl groups is 4. The van der Waals surface area contributed by atoms with Crippen molar-refractivity contribution in [1.82, 2.24) is 0 Å². The molecular formula is C14H20O7. The van der Waals surface area contributed by atoms with Gasteiger partial charge in [0.25, 0.3) is 0 Å². The molecule has 7 nitrogen and oxygen atoms in total. The molecule has 0 aromatic heterocycles. The molecule has 7 heteroatoms. The Morgan fingerprint density at radius 1 is 1.00 bits per heavy atom. The highest BCUT2D eigenvalue weighted by Gasteiger charge is 2.44. The molecule has 0 spiro atoms. The van der Waals surface area contributed by atoms with Crippen LogP contribution in [0.15, 0.2) is 30.3 Å². The highest BCUT2D eigenvalue weighted by molar-refractivity contribution is 5.20. The summed E-state index contributed by atoms with van der Waals surface area (Å²) in [6.07, 6.45) is -6.21. The van der Waals surface area contributed by atoms with Crippen LogP contribution in [0.5, 0.6) is 5.75 Å². The monoisotopic (exact) mass is 300 g/mol. The number of para-hydroxylation sites is 1. The summed E-state index contributed by atoms with van der Waals surface area (Å²) in [4.78, 5) is 0. The zero-order valence-corrected chi connectivity index (χ0v) is 11.4. The maximum Gasteiger partial charge on any atom is 0.184 e. The molecule has 4 N–H and O–H groups in total. The van der Waals surface area contributed by atoms with E-state index in [2.05, 4.69) is 0 Å². The fourth-order valence-corrected chi connectivity index (χ4v) is 2.11. The fourth-order valence-electron chi connectivity index (χ4n) is 2.11. The van der Waals surface area contributed by atoms with Crippen LogP contribution in [0, 0.1) is 0 Å². The van der Waals surface area contributed by atoms with Crippen LogP contribution >= 0.6 is 0 Å². The Morgan fingerprint density at radius 3 is 2.38 bits per heavy atom. The van der Waals surface area contributed by atoms with E-state index < -0.39 is 37.3 Å². The molecule has 5 atom stereocenters. The van der Waals surface area contributed by atoms with E-state index in [0.29, 0.717) is 5.75 Å². The second-order valence-corrected chi connectivity index (χ2v) is 4.73. The lowest BCUT2D eigenvalue weighted by Crippen LogP contribution is -2.59. The molecule has 1 aromatic rings. The average Bonchev–Trinajstić information content (AvgIpc) is 2.51. The highest BCUT2D eigenvalue weighted by Crippen LogP contribution is 2.22. The van der Waals surface area contributed by atoms with Gasteiger partial charge in [-0.2, -0.15) is 0 Å². The molecule has 0 radical (unpaired) electrons. The summed E-state index contributed by atoms with van der Waals surface area (Å²) >= 11 is 0. The van der Waals surface area contributed by atoms with Crippen molar-refractivity contribution in [3.63, 3.8) is 0 Å². The predicted octanol–water partition coefficient (Wildman–Crippen LogP) is -1.12. The Morgan fingerprint density at radius 2 is 1.71 bits per heavy atom. The molecule has 0 aliphatic carbocycles. The van der Waals surface area contributed by atoms with Gasteiger partial charge in [-0.1, -0.05) is 18.2 Å². The minimum absolute atomic E-state index is 0.105. The van der Waals surface area contributed by atoms with E-state index in [4.69, 9.17) is 19.3 Å². The minimum atomic E-state index is -1.42. The maximum absolute atomic E-state index is 9.86. The van der Waals surface area contributed by atoms with Crippen LogP contribution < -0.4 is 4.74 Å². The summed E-state index contributed by atoms with van der Waals surface area (Å²) in [5.74, 6) is 0.683. The number of aliphatic hydroxyl groups excluding tert-OH is 4. The highest BCUT2D eigenvalue weighted by atomic mass is 16.7. The summed E-state index contributed by atoms with van der Waals surface area (Å²) in [7, 11) is 0. The van der Waals surface area contributed by atoms with Gasteiger partial charge in [0.05, 0.1) is 13.2 Å². The van der Waals surface area contributed by atoms with Gasteiger partial charge in [-0.3, -0.25) is 0 Å². The van der Waals surface area contributed by atoms with Crippen molar-refractivity contribution in [3.05, 3.63) is 30.3 Å². The maximum atomic E-state index is 9.86. The van der Waals surface area contributed by atoms with Crippen LogP contribution in [-0.2, 0) is 9.47 Å². The first-order chi connectivity index (χ1) is 10.1. The number of rotatable bonds is 6. The van der Waals surface area contributed by atoms with Crippen molar-refractivity contribution < 1.29 is 34.6 Å². The van der Waals surface area contributed by atoms with Crippen molar-refractivity contribution in [3.8, 4) is 5.75 Å². The van der Waals surface area contributed by atoms with Gasteiger partial charge in [-0.15, -0.1) is 0 Å². The summed E-state index contributed by atoms with van der Waals surface area (Å²) in [6.45, 7) is -0.174. The summed E-state index contributed by atoms with van der Waals surface area (Å²) in [5.41, 5.74) is 0. The number of ether oxygens (including phenoxy) is 3. The normalized spacial score (nSPS) is 32.9. The summed E-state index contributed by atoms with van der Waals surface area (Å²) in [6, 6.07) is 9.13. The zero-order valence-electron chi connectivity index (χ0n) is 11.4. The lowest BCUT2D eigenvalue weighted by Gasteiger charge is -2.39. The van der Waals surface area contributed by atoms with E-state index >= 15 is 0 Å². The third-order valence-corrected chi connectivity index (χ3v) is 3.25. The lowest BCUT2D eigenvalue weighted by atomic mass is 9.99. The molecule has 0 saturated carbocycles. The summed E-state index contributed by atoms with van der Waals surface area (Å²) in [5, 5.41) is 38.2. The molecule has 1 aromatic carbocycles. The quantitative estimate of drug-likeness (QED) is 0.493.